The van der Waals surface area contributed by atoms with E-state index < -0.39 is 23.2 Å². The van der Waals surface area contributed by atoms with Gasteiger partial charge < -0.3 is 19.9 Å². The van der Waals surface area contributed by atoms with Crippen LogP contribution in [-0.2, 0) is 0 Å². The highest BCUT2D eigenvalue weighted by Crippen LogP contribution is 2.44. The Labute approximate surface area is 221 Å². The first kappa shape index (κ1) is 24.9. The number of fused-ring (bicyclic) bond motifs is 1. The average Bonchev–Trinajstić information content (AvgIpc) is 3.43. The summed E-state index contributed by atoms with van der Waals surface area (Å²) in [7, 11) is 3.07. The number of methoxy groups -OCH3 is 2. The number of benzene rings is 3. The third-order valence-corrected chi connectivity index (χ3v) is 7.43. The smallest absolute Gasteiger partial charge is 0.268 e. The van der Waals surface area contributed by atoms with Crippen molar-refractivity contribution < 1.29 is 29.0 Å². The molecule has 1 aromatic heterocycles. The lowest BCUT2D eigenvalue weighted by molar-refractivity contribution is 0.0193. The van der Waals surface area contributed by atoms with Crippen molar-refractivity contribution in [1.82, 2.24) is 5.32 Å². The van der Waals surface area contributed by atoms with Crippen LogP contribution in [0.4, 0.5) is 0 Å². The molecule has 1 aliphatic carbocycles. The Morgan fingerprint density at radius 3 is 1.76 bits per heavy atom. The van der Waals surface area contributed by atoms with E-state index in [0.29, 0.717) is 33.8 Å². The molecule has 9 heteroatoms. The summed E-state index contributed by atoms with van der Waals surface area (Å²) in [5.74, 6) is -1.48. The molecule has 0 fully saturated rings. The number of rotatable bonds is 6. The molecule has 0 aliphatic heterocycles. The number of hydrogen-bond donors (Lipinski definition) is 2. The van der Waals surface area contributed by atoms with Gasteiger partial charge >= 0.3 is 0 Å². The van der Waals surface area contributed by atoms with Gasteiger partial charge in [0.15, 0.2) is 0 Å². The summed E-state index contributed by atoms with van der Waals surface area (Å²) in [6.45, 7) is 0. The van der Waals surface area contributed by atoms with Gasteiger partial charge in [-0.05, 0) is 35.4 Å². The number of ketones is 2. The number of nitrogens with one attached hydrogen (secondary N) is 1. The Kier molecular flexibility index (Phi) is 6.28. The number of nitriles is 1. The Morgan fingerprint density at radius 1 is 0.842 bits per heavy atom. The van der Waals surface area contributed by atoms with Crippen LogP contribution in [0.2, 0.25) is 0 Å². The maximum atomic E-state index is 13.7. The fourth-order valence-electron chi connectivity index (χ4n) is 4.44. The number of aliphatic hydroxyl groups is 1. The number of nitrogens with zero attached hydrogens (tertiary/aromatic N) is 1. The second kappa shape index (κ2) is 9.59. The van der Waals surface area contributed by atoms with E-state index >= 15 is 0 Å². The third kappa shape index (κ3) is 3.93. The molecular weight excluding hydrogens is 504 g/mol. The normalized spacial score (nSPS) is 13.5. The van der Waals surface area contributed by atoms with E-state index in [9.17, 15) is 24.8 Å². The number of hydrogen-bond acceptors (Lipinski definition) is 8. The molecule has 1 amide bonds. The summed E-state index contributed by atoms with van der Waals surface area (Å²) >= 11 is 0.903. The number of carbonyl (C=O) groups excluding carboxylic acids is 3. The van der Waals surface area contributed by atoms with Crippen LogP contribution in [0, 0.1) is 11.3 Å². The van der Waals surface area contributed by atoms with Crippen LogP contribution in [0.3, 0.4) is 0 Å². The molecule has 0 spiro atoms. The van der Waals surface area contributed by atoms with Gasteiger partial charge in [0.2, 0.25) is 11.6 Å². The van der Waals surface area contributed by atoms with Crippen molar-refractivity contribution in [3.63, 3.8) is 0 Å². The van der Waals surface area contributed by atoms with Gasteiger partial charge in [0.1, 0.15) is 27.3 Å². The van der Waals surface area contributed by atoms with Crippen LogP contribution in [0.25, 0.3) is 22.3 Å². The number of Topliss-reactive ketones (excluding diaryl/α,β-unsaturated/α-hetero) is 2. The topological polar surface area (TPSA) is 126 Å². The van der Waals surface area contributed by atoms with E-state index in [2.05, 4.69) is 11.4 Å². The number of amides is 1. The summed E-state index contributed by atoms with van der Waals surface area (Å²) in [4.78, 5) is 39.9. The van der Waals surface area contributed by atoms with E-state index in [4.69, 9.17) is 9.47 Å². The molecule has 4 aromatic rings. The van der Waals surface area contributed by atoms with E-state index in [0.717, 1.165) is 11.3 Å². The van der Waals surface area contributed by atoms with Gasteiger partial charge in [-0.3, -0.25) is 14.4 Å². The lowest BCUT2D eigenvalue weighted by Crippen LogP contribution is -2.56. The highest BCUT2D eigenvalue weighted by atomic mass is 32.1. The lowest BCUT2D eigenvalue weighted by Gasteiger charge is -2.20. The maximum Gasteiger partial charge on any atom is 0.268 e. The molecule has 0 radical (unpaired) electrons. The maximum absolute atomic E-state index is 13.7. The summed E-state index contributed by atoms with van der Waals surface area (Å²) < 4.78 is 10.5. The predicted molar refractivity (Wildman–Crippen MR) is 141 cm³/mol. The molecule has 5 rings (SSSR count). The quantitative estimate of drug-likeness (QED) is 0.282. The highest BCUT2D eigenvalue weighted by Gasteiger charge is 2.53. The van der Waals surface area contributed by atoms with Gasteiger partial charge in [0.05, 0.1) is 14.2 Å². The zero-order chi connectivity index (χ0) is 27.0. The monoisotopic (exact) mass is 524 g/mol. The largest absolute Gasteiger partial charge is 0.497 e. The zero-order valence-corrected chi connectivity index (χ0v) is 21.1. The molecule has 0 bridgehead atoms. The van der Waals surface area contributed by atoms with E-state index in [1.807, 2.05) is 0 Å². The number of thiophene rings is 1. The Hall–Kier alpha value is -4.78. The van der Waals surface area contributed by atoms with Crippen molar-refractivity contribution in [3.05, 3.63) is 93.7 Å². The van der Waals surface area contributed by atoms with Gasteiger partial charge in [0, 0.05) is 22.3 Å². The summed E-state index contributed by atoms with van der Waals surface area (Å²) in [6, 6.07) is 22.0. The van der Waals surface area contributed by atoms with Crippen molar-refractivity contribution in [1.29, 1.82) is 5.26 Å². The van der Waals surface area contributed by atoms with Crippen molar-refractivity contribution >= 4 is 28.8 Å². The minimum atomic E-state index is -2.75. The van der Waals surface area contributed by atoms with Gasteiger partial charge in [0.25, 0.3) is 11.6 Å². The summed E-state index contributed by atoms with van der Waals surface area (Å²) in [6.07, 6.45) is 0. The van der Waals surface area contributed by atoms with Gasteiger partial charge in [-0.1, -0.05) is 48.5 Å². The zero-order valence-electron chi connectivity index (χ0n) is 20.3. The van der Waals surface area contributed by atoms with Crippen LogP contribution in [0.1, 0.15) is 35.3 Å². The molecule has 0 unspecified atom stereocenters. The fraction of sp³-hybridized carbons (Fsp3) is 0.103. The molecule has 188 valence electrons. The van der Waals surface area contributed by atoms with Crippen LogP contribution >= 0.6 is 11.3 Å². The first-order valence-corrected chi connectivity index (χ1v) is 12.2. The highest BCUT2D eigenvalue weighted by molar-refractivity contribution is 7.15. The fourth-order valence-corrected chi connectivity index (χ4v) is 5.48. The molecule has 0 atom stereocenters. The Balaban J connectivity index is 1.65. The molecule has 38 heavy (non-hydrogen) atoms. The summed E-state index contributed by atoms with van der Waals surface area (Å²) in [5.41, 5.74) is -0.543. The molecule has 8 nitrogen and oxygen atoms in total. The predicted octanol–water partition coefficient (Wildman–Crippen LogP) is 4.47. The molecule has 0 saturated heterocycles. The van der Waals surface area contributed by atoms with Crippen LogP contribution in [0.5, 0.6) is 11.5 Å². The van der Waals surface area contributed by atoms with Crippen LogP contribution in [-0.4, -0.2) is 42.5 Å². The first-order chi connectivity index (χ1) is 18.3. The van der Waals surface area contributed by atoms with Crippen molar-refractivity contribution in [3.8, 4) is 39.8 Å². The Bertz CT molecular complexity index is 1600. The standard InChI is InChI=1S/C29H20N2O6S/c1-36-18-11-7-16(8-12-18)23-22(15-30)38-25(24(23)17-9-13-19(37-2)14-10-17)28(34)31-29(35)26(32)20-5-3-4-6-21(20)27(29)33/h3-14,35H,1-2H3,(H,31,34). The SMILES string of the molecule is COc1ccc(-c2c(C#N)sc(C(=O)NC3(O)C(=O)c4ccccc4C3=O)c2-c2ccc(OC)cc2)cc1. The molecule has 3 aromatic carbocycles. The summed E-state index contributed by atoms with van der Waals surface area (Å²) in [5, 5.41) is 23.3. The molecule has 2 N–H and O–H groups in total. The van der Waals surface area contributed by atoms with Crippen molar-refractivity contribution in [2.45, 2.75) is 5.72 Å². The van der Waals surface area contributed by atoms with Gasteiger partial charge in [-0.15, -0.1) is 11.3 Å². The van der Waals surface area contributed by atoms with Crippen molar-refractivity contribution in [2.75, 3.05) is 14.2 Å². The van der Waals surface area contributed by atoms with E-state index in [-0.39, 0.29) is 20.9 Å². The molecule has 1 aliphatic rings. The third-order valence-electron chi connectivity index (χ3n) is 6.34. The minimum Gasteiger partial charge on any atom is -0.497 e. The van der Waals surface area contributed by atoms with E-state index in [1.165, 1.54) is 19.2 Å². The van der Waals surface area contributed by atoms with Gasteiger partial charge in [-0.2, -0.15) is 5.26 Å². The lowest BCUT2D eigenvalue weighted by atomic mass is 9.94. The molecule has 0 saturated carbocycles. The number of ether oxygens (including phenoxy) is 2. The molecular formula is C29H20N2O6S. The second-order valence-corrected chi connectivity index (χ2v) is 9.47. The van der Waals surface area contributed by atoms with E-state index in [1.54, 1.807) is 67.8 Å². The number of carbonyl (C=O) groups is 3. The van der Waals surface area contributed by atoms with Crippen LogP contribution in [0.15, 0.2) is 72.8 Å². The average molecular weight is 525 g/mol. The minimum absolute atomic E-state index is 0.0264. The van der Waals surface area contributed by atoms with Gasteiger partial charge in [-0.25, -0.2) is 0 Å². The molecule has 1 heterocycles. The first-order valence-electron chi connectivity index (χ1n) is 11.4. The second-order valence-electron chi connectivity index (χ2n) is 8.45. The Morgan fingerprint density at radius 2 is 1.32 bits per heavy atom. The van der Waals surface area contributed by atoms with Crippen LogP contribution < -0.4 is 14.8 Å². The van der Waals surface area contributed by atoms with Crippen molar-refractivity contribution in [2.24, 2.45) is 0 Å².